The molecule has 3 aromatic rings. The van der Waals surface area contributed by atoms with Crippen molar-refractivity contribution in [1.82, 2.24) is 19.7 Å². The summed E-state index contributed by atoms with van der Waals surface area (Å²) in [6.07, 6.45) is 1.69. The summed E-state index contributed by atoms with van der Waals surface area (Å²) in [6.45, 7) is 6.69. The molecule has 0 aliphatic rings. The van der Waals surface area contributed by atoms with Crippen LogP contribution in [0.1, 0.15) is 29.9 Å². The van der Waals surface area contributed by atoms with E-state index in [9.17, 15) is 4.79 Å². The molecule has 0 amide bonds. The van der Waals surface area contributed by atoms with E-state index in [-0.39, 0.29) is 11.0 Å². The Hall–Kier alpha value is -2.08. The summed E-state index contributed by atoms with van der Waals surface area (Å²) in [5.74, 6) is 0.116. The van der Waals surface area contributed by atoms with Crippen LogP contribution in [0.5, 0.6) is 0 Å². The van der Waals surface area contributed by atoms with E-state index < -0.39 is 0 Å². The zero-order chi connectivity index (χ0) is 15.7. The molecular formula is C16H18N4OS. The number of ketones is 1. The van der Waals surface area contributed by atoms with Crippen molar-refractivity contribution in [1.29, 1.82) is 0 Å². The maximum Gasteiger partial charge on any atom is 0.191 e. The molecule has 2 heterocycles. The fraction of sp³-hybridized carbons (Fsp3) is 0.312. The minimum Gasteiger partial charge on any atom is -0.358 e. The van der Waals surface area contributed by atoms with Gasteiger partial charge < -0.3 is 9.55 Å². The summed E-state index contributed by atoms with van der Waals surface area (Å²) >= 11 is 1.45. The third-order valence-electron chi connectivity index (χ3n) is 3.71. The standard InChI is InChI=1S/C16H18N4OS/c1-4-20-9-17-19-16(20)22-11(3)15(21)14-10(2)18-13-8-6-5-7-12(13)14/h5-9,11,18H,4H2,1-3H3/t11-/m1/s1. The van der Waals surface area contributed by atoms with Crippen LogP contribution < -0.4 is 0 Å². The molecule has 0 aliphatic carbocycles. The van der Waals surface area contributed by atoms with Gasteiger partial charge in [0.15, 0.2) is 10.9 Å². The lowest BCUT2D eigenvalue weighted by Gasteiger charge is -2.10. The number of aryl methyl sites for hydroxylation is 2. The van der Waals surface area contributed by atoms with E-state index in [1.807, 2.05) is 49.6 Å². The van der Waals surface area contributed by atoms with Gasteiger partial charge >= 0.3 is 0 Å². The first-order valence-electron chi connectivity index (χ1n) is 7.27. The van der Waals surface area contributed by atoms with E-state index in [1.165, 1.54) is 11.8 Å². The lowest BCUT2D eigenvalue weighted by molar-refractivity contribution is 0.0995. The van der Waals surface area contributed by atoms with Crippen molar-refractivity contribution < 1.29 is 4.79 Å². The molecule has 0 unspecified atom stereocenters. The summed E-state index contributed by atoms with van der Waals surface area (Å²) in [5, 5.41) is 9.55. The minimum absolute atomic E-state index is 0.116. The average molecular weight is 314 g/mol. The first-order chi connectivity index (χ1) is 10.6. The van der Waals surface area contributed by atoms with Crippen LogP contribution in [0.3, 0.4) is 0 Å². The molecule has 114 valence electrons. The number of nitrogens with zero attached hydrogens (tertiary/aromatic N) is 3. The summed E-state index contributed by atoms with van der Waals surface area (Å²) in [6, 6.07) is 7.90. The van der Waals surface area contributed by atoms with Gasteiger partial charge in [0, 0.05) is 28.7 Å². The molecule has 0 spiro atoms. The Kier molecular flexibility index (Phi) is 4.02. The quantitative estimate of drug-likeness (QED) is 0.579. The van der Waals surface area contributed by atoms with Gasteiger partial charge in [-0.2, -0.15) is 0 Å². The monoisotopic (exact) mass is 314 g/mol. The molecule has 1 atom stereocenters. The van der Waals surface area contributed by atoms with Crippen molar-refractivity contribution in [3.8, 4) is 0 Å². The highest BCUT2D eigenvalue weighted by Gasteiger charge is 2.23. The number of fused-ring (bicyclic) bond motifs is 1. The molecule has 1 N–H and O–H groups in total. The molecule has 0 fully saturated rings. The van der Waals surface area contributed by atoms with Gasteiger partial charge in [-0.3, -0.25) is 4.79 Å². The predicted octanol–water partition coefficient (Wildman–Crippen LogP) is 3.45. The number of carbonyl (C=O) groups is 1. The highest BCUT2D eigenvalue weighted by Crippen LogP contribution is 2.29. The second-order valence-corrected chi connectivity index (χ2v) is 6.50. The summed E-state index contributed by atoms with van der Waals surface area (Å²) < 4.78 is 1.94. The number of rotatable bonds is 5. The van der Waals surface area contributed by atoms with Gasteiger partial charge in [-0.1, -0.05) is 30.0 Å². The van der Waals surface area contributed by atoms with Crippen LogP contribution in [-0.2, 0) is 6.54 Å². The van der Waals surface area contributed by atoms with Crippen LogP contribution in [0.4, 0.5) is 0 Å². The number of para-hydroxylation sites is 1. The Balaban J connectivity index is 1.90. The summed E-state index contributed by atoms with van der Waals surface area (Å²) in [4.78, 5) is 16.1. The van der Waals surface area contributed by atoms with Gasteiger partial charge in [0.05, 0.1) is 5.25 Å². The number of Topliss-reactive ketones (excluding diaryl/α,β-unsaturated/α-hetero) is 1. The van der Waals surface area contributed by atoms with Gasteiger partial charge in [0.2, 0.25) is 0 Å². The molecule has 3 rings (SSSR count). The number of aromatic amines is 1. The van der Waals surface area contributed by atoms with Crippen molar-refractivity contribution in [2.75, 3.05) is 0 Å². The number of thioether (sulfide) groups is 1. The normalized spacial score (nSPS) is 12.7. The van der Waals surface area contributed by atoms with Crippen LogP contribution in [0.15, 0.2) is 35.7 Å². The van der Waals surface area contributed by atoms with Crippen molar-refractivity contribution >= 4 is 28.4 Å². The van der Waals surface area contributed by atoms with Crippen LogP contribution in [-0.4, -0.2) is 30.8 Å². The van der Waals surface area contributed by atoms with Crippen LogP contribution in [0.25, 0.3) is 10.9 Å². The van der Waals surface area contributed by atoms with Gasteiger partial charge in [-0.05, 0) is 26.8 Å². The zero-order valence-corrected chi connectivity index (χ0v) is 13.6. The first kappa shape index (κ1) is 14.8. The fourth-order valence-electron chi connectivity index (χ4n) is 2.56. The second kappa shape index (κ2) is 5.96. The third kappa shape index (κ3) is 2.54. The minimum atomic E-state index is -0.215. The van der Waals surface area contributed by atoms with Crippen LogP contribution in [0, 0.1) is 6.92 Å². The van der Waals surface area contributed by atoms with E-state index in [0.29, 0.717) is 0 Å². The lowest BCUT2D eigenvalue weighted by atomic mass is 10.1. The predicted molar refractivity (Wildman–Crippen MR) is 88.4 cm³/mol. The van der Waals surface area contributed by atoms with E-state index in [4.69, 9.17) is 0 Å². The van der Waals surface area contributed by atoms with Crippen molar-refractivity contribution in [2.45, 2.75) is 37.7 Å². The van der Waals surface area contributed by atoms with Crippen LogP contribution in [0.2, 0.25) is 0 Å². The fourth-order valence-corrected chi connectivity index (χ4v) is 3.51. The maximum absolute atomic E-state index is 12.9. The number of nitrogens with one attached hydrogen (secondary N) is 1. The summed E-state index contributed by atoms with van der Waals surface area (Å²) in [5.41, 5.74) is 2.69. The van der Waals surface area contributed by atoms with Crippen molar-refractivity contribution in [3.05, 3.63) is 41.9 Å². The Morgan fingerprint density at radius 3 is 2.95 bits per heavy atom. The molecule has 22 heavy (non-hydrogen) atoms. The molecule has 0 saturated heterocycles. The summed E-state index contributed by atoms with van der Waals surface area (Å²) in [7, 11) is 0. The van der Waals surface area contributed by atoms with E-state index in [2.05, 4.69) is 15.2 Å². The Morgan fingerprint density at radius 2 is 2.18 bits per heavy atom. The number of carbonyl (C=O) groups excluding carboxylic acids is 1. The molecule has 0 bridgehead atoms. The first-order valence-corrected chi connectivity index (χ1v) is 8.15. The number of aromatic nitrogens is 4. The number of hydrogen-bond acceptors (Lipinski definition) is 4. The molecule has 5 nitrogen and oxygen atoms in total. The Morgan fingerprint density at radius 1 is 1.41 bits per heavy atom. The van der Waals surface area contributed by atoms with Crippen molar-refractivity contribution in [3.63, 3.8) is 0 Å². The average Bonchev–Trinajstić information content (AvgIpc) is 3.09. The molecule has 0 radical (unpaired) electrons. The largest absolute Gasteiger partial charge is 0.358 e. The van der Waals surface area contributed by atoms with Gasteiger partial charge in [0.1, 0.15) is 6.33 Å². The third-order valence-corrected chi connectivity index (χ3v) is 4.81. The van der Waals surface area contributed by atoms with Gasteiger partial charge in [-0.25, -0.2) is 0 Å². The smallest absolute Gasteiger partial charge is 0.191 e. The second-order valence-electron chi connectivity index (χ2n) is 5.19. The lowest BCUT2D eigenvalue weighted by Crippen LogP contribution is -2.15. The van der Waals surface area contributed by atoms with Crippen LogP contribution >= 0.6 is 11.8 Å². The Bertz CT molecular complexity index is 821. The topological polar surface area (TPSA) is 63.6 Å². The molecule has 0 aliphatic heterocycles. The highest BCUT2D eigenvalue weighted by molar-refractivity contribution is 8.00. The molecule has 0 saturated carbocycles. The molecule has 1 aromatic carbocycles. The highest BCUT2D eigenvalue weighted by atomic mass is 32.2. The Labute approximate surface area is 133 Å². The number of benzene rings is 1. The molecule has 6 heteroatoms. The van der Waals surface area contributed by atoms with Gasteiger partial charge in [-0.15, -0.1) is 10.2 Å². The maximum atomic E-state index is 12.9. The zero-order valence-electron chi connectivity index (χ0n) is 12.8. The van der Waals surface area contributed by atoms with Crippen molar-refractivity contribution in [2.24, 2.45) is 0 Å². The SMILES string of the molecule is CCn1cnnc1S[C@H](C)C(=O)c1c(C)[nH]c2ccccc12. The van der Waals surface area contributed by atoms with E-state index in [0.717, 1.165) is 33.9 Å². The molecule has 2 aromatic heterocycles. The number of hydrogen-bond donors (Lipinski definition) is 1. The molecular weight excluding hydrogens is 296 g/mol. The van der Waals surface area contributed by atoms with E-state index >= 15 is 0 Å². The van der Waals surface area contributed by atoms with E-state index in [1.54, 1.807) is 6.33 Å². The van der Waals surface area contributed by atoms with Gasteiger partial charge in [0.25, 0.3) is 0 Å². The number of H-pyrrole nitrogens is 1.